The number of hydrogen-bond acceptors (Lipinski definition) is 2. The lowest BCUT2D eigenvalue weighted by molar-refractivity contribution is 0.242. The summed E-state index contributed by atoms with van der Waals surface area (Å²) in [6.07, 6.45) is 0.155. The Labute approximate surface area is 172 Å². The van der Waals surface area contributed by atoms with Crippen LogP contribution in [-0.2, 0) is 0 Å². The normalized spacial score (nSPS) is 11.7. The Hall–Kier alpha value is -2.85. The summed E-state index contributed by atoms with van der Waals surface area (Å²) in [7, 11) is 0. The van der Waals surface area contributed by atoms with E-state index in [1.165, 1.54) is 11.1 Å². The molecule has 0 aliphatic heterocycles. The van der Waals surface area contributed by atoms with E-state index in [1.807, 2.05) is 56.3 Å². The summed E-state index contributed by atoms with van der Waals surface area (Å²) in [5, 5.41) is 7.31. The zero-order valence-electron chi connectivity index (χ0n) is 16.5. The molecule has 144 valence electrons. The van der Waals surface area contributed by atoms with Crippen molar-refractivity contribution in [2.24, 2.45) is 0 Å². The van der Waals surface area contributed by atoms with E-state index in [9.17, 15) is 0 Å². The van der Waals surface area contributed by atoms with E-state index >= 15 is 0 Å². The van der Waals surface area contributed by atoms with Crippen molar-refractivity contribution in [3.05, 3.63) is 95.6 Å². The van der Waals surface area contributed by atoms with E-state index in [1.54, 1.807) is 0 Å². The molecule has 0 aliphatic carbocycles. The second kappa shape index (κ2) is 9.38. The number of aryl methyl sites for hydroxylation is 1. The number of hydrogen-bond donors (Lipinski definition) is 2. The van der Waals surface area contributed by atoms with Gasteiger partial charge in [0.05, 0.1) is 12.1 Å². The molecule has 0 spiro atoms. The van der Waals surface area contributed by atoms with Gasteiger partial charge in [-0.2, -0.15) is 0 Å². The van der Waals surface area contributed by atoms with E-state index in [4.69, 9.17) is 17.0 Å². The van der Waals surface area contributed by atoms with Gasteiger partial charge in [-0.05, 0) is 68.4 Å². The first-order valence-electron chi connectivity index (χ1n) is 9.47. The van der Waals surface area contributed by atoms with Gasteiger partial charge in [-0.15, -0.1) is 0 Å². The van der Waals surface area contributed by atoms with Gasteiger partial charge < -0.3 is 15.4 Å². The van der Waals surface area contributed by atoms with Crippen molar-refractivity contribution in [2.45, 2.75) is 32.9 Å². The fraction of sp³-hybridized carbons (Fsp3) is 0.208. The average Bonchev–Trinajstić information content (AvgIpc) is 2.68. The van der Waals surface area contributed by atoms with Crippen molar-refractivity contribution < 1.29 is 4.74 Å². The van der Waals surface area contributed by atoms with Crippen LogP contribution in [0.15, 0.2) is 78.9 Å². The monoisotopic (exact) mass is 390 g/mol. The molecular weight excluding hydrogens is 364 g/mol. The number of nitrogens with one attached hydrogen (secondary N) is 2. The zero-order chi connectivity index (χ0) is 19.9. The van der Waals surface area contributed by atoms with Crippen LogP contribution in [0.3, 0.4) is 0 Å². The number of rotatable bonds is 6. The van der Waals surface area contributed by atoms with E-state index in [-0.39, 0.29) is 12.1 Å². The van der Waals surface area contributed by atoms with Crippen molar-refractivity contribution >= 4 is 23.0 Å². The summed E-state index contributed by atoms with van der Waals surface area (Å²) in [4.78, 5) is 0. The maximum atomic E-state index is 5.69. The first kappa shape index (κ1) is 19.9. The highest BCUT2D eigenvalue weighted by atomic mass is 32.1. The van der Waals surface area contributed by atoms with Gasteiger partial charge in [0, 0.05) is 5.69 Å². The van der Waals surface area contributed by atoms with Crippen molar-refractivity contribution in [2.75, 3.05) is 5.32 Å². The highest BCUT2D eigenvalue weighted by Gasteiger charge is 2.15. The molecule has 0 unspecified atom stereocenters. The van der Waals surface area contributed by atoms with Crippen LogP contribution < -0.4 is 15.4 Å². The van der Waals surface area contributed by atoms with Crippen LogP contribution in [-0.4, -0.2) is 11.2 Å². The summed E-state index contributed by atoms with van der Waals surface area (Å²) in [6, 6.07) is 26.6. The molecule has 28 heavy (non-hydrogen) atoms. The molecule has 0 heterocycles. The Balaban J connectivity index is 1.74. The third-order valence-corrected chi connectivity index (χ3v) is 4.49. The highest BCUT2D eigenvalue weighted by Crippen LogP contribution is 2.23. The van der Waals surface area contributed by atoms with Crippen LogP contribution in [0, 0.1) is 6.92 Å². The summed E-state index contributed by atoms with van der Waals surface area (Å²) in [5.41, 5.74) is 4.48. The minimum absolute atomic E-state index is 0.0235. The largest absolute Gasteiger partial charge is 0.491 e. The Bertz CT molecular complexity index is 907. The Morgan fingerprint density at radius 3 is 2.18 bits per heavy atom. The van der Waals surface area contributed by atoms with Crippen LogP contribution in [0.5, 0.6) is 5.75 Å². The fourth-order valence-corrected chi connectivity index (χ4v) is 3.28. The molecule has 1 atom stereocenters. The Morgan fingerprint density at radius 2 is 1.54 bits per heavy atom. The predicted octanol–water partition coefficient (Wildman–Crippen LogP) is 5.86. The van der Waals surface area contributed by atoms with Gasteiger partial charge in [0.1, 0.15) is 5.75 Å². The first-order chi connectivity index (χ1) is 13.5. The summed E-state index contributed by atoms with van der Waals surface area (Å²) >= 11 is 5.59. The van der Waals surface area contributed by atoms with Gasteiger partial charge in [0.2, 0.25) is 0 Å². The predicted molar refractivity (Wildman–Crippen MR) is 121 cm³/mol. The Kier molecular flexibility index (Phi) is 6.66. The van der Waals surface area contributed by atoms with Crippen LogP contribution in [0.1, 0.15) is 36.6 Å². The molecule has 0 saturated carbocycles. The number of thiocarbonyl (C=S) groups is 1. The lowest BCUT2D eigenvalue weighted by atomic mass is 9.97. The highest BCUT2D eigenvalue weighted by molar-refractivity contribution is 7.80. The van der Waals surface area contributed by atoms with Gasteiger partial charge >= 0.3 is 0 Å². The second-order valence-electron chi connectivity index (χ2n) is 7.05. The maximum absolute atomic E-state index is 5.69. The van der Waals surface area contributed by atoms with Crippen LogP contribution in [0.4, 0.5) is 5.69 Å². The first-order valence-corrected chi connectivity index (χ1v) is 9.88. The molecule has 4 heteroatoms. The number of benzene rings is 3. The average molecular weight is 391 g/mol. The molecule has 0 bridgehead atoms. The van der Waals surface area contributed by atoms with Crippen molar-refractivity contribution in [3.63, 3.8) is 0 Å². The molecular formula is C24H26N2OS. The van der Waals surface area contributed by atoms with Crippen LogP contribution >= 0.6 is 12.2 Å². The van der Waals surface area contributed by atoms with Crippen molar-refractivity contribution in [1.29, 1.82) is 0 Å². The summed E-state index contributed by atoms with van der Waals surface area (Å²) in [5.74, 6) is 0.848. The van der Waals surface area contributed by atoms with Crippen molar-refractivity contribution in [3.8, 4) is 5.75 Å². The lowest BCUT2D eigenvalue weighted by Gasteiger charge is -2.22. The molecule has 2 N–H and O–H groups in total. The van der Waals surface area contributed by atoms with E-state index in [0.717, 1.165) is 17.0 Å². The minimum Gasteiger partial charge on any atom is -0.491 e. The Morgan fingerprint density at radius 1 is 0.857 bits per heavy atom. The molecule has 3 nitrogen and oxygen atoms in total. The smallest absolute Gasteiger partial charge is 0.171 e. The van der Waals surface area contributed by atoms with Gasteiger partial charge in [-0.1, -0.05) is 60.2 Å². The van der Waals surface area contributed by atoms with E-state index < -0.39 is 0 Å². The molecule has 3 rings (SSSR count). The molecule has 0 saturated heterocycles. The summed E-state index contributed by atoms with van der Waals surface area (Å²) in [6.45, 7) is 6.13. The molecule has 0 amide bonds. The maximum Gasteiger partial charge on any atom is 0.171 e. The van der Waals surface area contributed by atoms with E-state index in [0.29, 0.717) is 5.11 Å². The molecule has 0 radical (unpaired) electrons. The minimum atomic E-state index is -0.0235. The standard InChI is InChI=1S/C24H26N2OS/c1-17(2)27-22-14-12-21(13-15-22)25-24(28)26-23(19-9-5-4-6-10-19)20-11-7-8-18(3)16-20/h4-17,23H,1-3H3,(H2,25,26,28)/t23-/m0/s1. The molecule has 3 aromatic carbocycles. The zero-order valence-corrected chi connectivity index (χ0v) is 17.3. The number of anilines is 1. The van der Waals surface area contributed by atoms with Gasteiger partial charge in [0.25, 0.3) is 0 Å². The quantitative estimate of drug-likeness (QED) is 0.517. The molecule has 0 aliphatic rings. The van der Waals surface area contributed by atoms with Crippen molar-refractivity contribution in [1.82, 2.24) is 5.32 Å². The summed E-state index contributed by atoms with van der Waals surface area (Å²) < 4.78 is 5.69. The van der Waals surface area contributed by atoms with E-state index in [2.05, 4.69) is 54.0 Å². The molecule has 3 aromatic rings. The third kappa shape index (κ3) is 5.57. The third-order valence-electron chi connectivity index (χ3n) is 4.27. The topological polar surface area (TPSA) is 33.3 Å². The van der Waals surface area contributed by atoms with Crippen LogP contribution in [0.25, 0.3) is 0 Å². The van der Waals surface area contributed by atoms with Gasteiger partial charge in [-0.25, -0.2) is 0 Å². The van der Waals surface area contributed by atoms with Gasteiger partial charge in [-0.3, -0.25) is 0 Å². The van der Waals surface area contributed by atoms with Gasteiger partial charge in [0.15, 0.2) is 5.11 Å². The van der Waals surface area contributed by atoms with Crippen LogP contribution in [0.2, 0.25) is 0 Å². The molecule has 0 fully saturated rings. The second-order valence-corrected chi connectivity index (χ2v) is 7.46. The number of ether oxygens (including phenoxy) is 1. The SMILES string of the molecule is Cc1cccc([C@@H](NC(=S)Nc2ccc(OC(C)C)cc2)c2ccccc2)c1. The lowest BCUT2D eigenvalue weighted by Crippen LogP contribution is -2.33. The fourth-order valence-electron chi connectivity index (χ4n) is 3.04. The molecule has 0 aromatic heterocycles.